The van der Waals surface area contributed by atoms with E-state index in [1.54, 1.807) is 25.3 Å². The first-order valence-corrected chi connectivity index (χ1v) is 9.44. The van der Waals surface area contributed by atoms with Crippen LogP contribution in [0, 0.1) is 0 Å². The van der Waals surface area contributed by atoms with Gasteiger partial charge in [-0.2, -0.15) is 0 Å². The van der Waals surface area contributed by atoms with Crippen LogP contribution in [0.3, 0.4) is 0 Å². The molecule has 152 valence electrons. The summed E-state index contributed by atoms with van der Waals surface area (Å²) in [4.78, 5) is 21.0. The number of nitrogens with two attached hydrogens (primary N) is 2. The van der Waals surface area contributed by atoms with Crippen LogP contribution in [0.5, 0.6) is 5.75 Å². The molecule has 1 fully saturated rings. The maximum atomic E-state index is 12.4. The molecule has 2 unspecified atom stereocenters. The molecule has 1 aromatic heterocycles. The van der Waals surface area contributed by atoms with Crippen molar-refractivity contribution in [1.29, 1.82) is 0 Å². The Morgan fingerprint density at radius 1 is 1.48 bits per heavy atom. The van der Waals surface area contributed by atoms with Crippen molar-refractivity contribution in [3.05, 3.63) is 64.6 Å². The van der Waals surface area contributed by atoms with Gasteiger partial charge in [-0.05, 0) is 48.9 Å². The molecule has 1 saturated heterocycles. The van der Waals surface area contributed by atoms with Gasteiger partial charge in [0.15, 0.2) is 0 Å². The zero-order chi connectivity index (χ0) is 20.8. The van der Waals surface area contributed by atoms with Crippen molar-refractivity contribution < 1.29 is 9.53 Å². The van der Waals surface area contributed by atoms with E-state index in [0.717, 1.165) is 18.5 Å². The molecule has 9 heteroatoms. The summed E-state index contributed by atoms with van der Waals surface area (Å²) in [6.07, 6.45) is 5.29. The third-order valence-corrected chi connectivity index (χ3v) is 4.83. The Kier molecular flexibility index (Phi) is 6.69. The van der Waals surface area contributed by atoms with Gasteiger partial charge in [0.05, 0.1) is 24.4 Å². The van der Waals surface area contributed by atoms with Gasteiger partial charge in [-0.15, -0.1) is 0 Å². The Morgan fingerprint density at radius 2 is 2.28 bits per heavy atom. The summed E-state index contributed by atoms with van der Waals surface area (Å²) in [7, 11) is 1.59. The number of aromatic nitrogens is 1. The predicted octanol–water partition coefficient (Wildman–Crippen LogP) is 2.03. The lowest BCUT2D eigenvalue weighted by molar-refractivity contribution is 0.0968. The summed E-state index contributed by atoms with van der Waals surface area (Å²) in [5, 5.41) is 6.62. The first-order chi connectivity index (χ1) is 14.0. The fraction of sp³-hybridized carbons (Fsp3) is 0.250. The van der Waals surface area contributed by atoms with E-state index < -0.39 is 5.91 Å². The molecule has 1 aromatic carbocycles. The second kappa shape index (κ2) is 9.40. The largest absolute Gasteiger partial charge is 0.497 e. The molecule has 29 heavy (non-hydrogen) atoms. The molecule has 2 heterocycles. The third-order valence-electron chi connectivity index (χ3n) is 4.61. The van der Waals surface area contributed by atoms with Crippen LogP contribution in [0.25, 0.3) is 0 Å². The molecule has 0 bridgehead atoms. The number of anilines is 1. The number of hydrogen-bond acceptors (Lipinski definition) is 7. The first-order valence-electron chi connectivity index (χ1n) is 9.06. The normalized spacial score (nSPS) is 17.6. The van der Waals surface area contributed by atoms with Gasteiger partial charge in [-0.1, -0.05) is 11.6 Å². The second-order valence-corrected chi connectivity index (χ2v) is 6.95. The van der Waals surface area contributed by atoms with Gasteiger partial charge in [0.25, 0.3) is 5.91 Å². The van der Waals surface area contributed by atoms with Crippen LogP contribution in [0.1, 0.15) is 28.4 Å². The number of nitrogens with one attached hydrogen (secondary N) is 2. The van der Waals surface area contributed by atoms with Crippen molar-refractivity contribution in [3.63, 3.8) is 0 Å². The second-order valence-electron chi connectivity index (χ2n) is 6.51. The predicted molar refractivity (Wildman–Crippen MR) is 114 cm³/mol. The Morgan fingerprint density at radius 3 is 2.90 bits per heavy atom. The van der Waals surface area contributed by atoms with E-state index in [0.29, 0.717) is 16.5 Å². The zero-order valence-electron chi connectivity index (χ0n) is 15.9. The number of nitrogen functional groups attached to an aromatic ring is 1. The number of benzene rings is 1. The lowest BCUT2D eigenvalue weighted by Gasteiger charge is -2.33. The van der Waals surface area contributed by atoms with Gasteiger partial charge in [0.2, 0.25) is 0 Å². The number of ether oxygens (including phenoxy) is 1. The van der Waals surface area contributed by atoms with E-state index in [1.165, 1.54) is 18.6 Å². The van der Waals surface area contributed by atoms with Gasteiger partial charge < -0.3 is 26.8 Å². The van der Waals surface area contributed by atoms with Gasteiger partial charge >= 0.3 is 0 Å². The van der Waals surface area contributed by atoms with Crippen LogP contribution in [-0.4, -0.2) is 36.8 Å². The minimum absolute atomic E-state index is 0.140. The third kappa shape index (κ3) is 5.04. The summed E-state index contributed by atoms with van der Waals surface area (Å²) in [6.45, 7) is 0.922. The molecular weight excluding hydrogens is 392 g/mol. The summed E-state index contributed by atoms with van der Waals surface area (Å²) in [6, 6.07) is 8.65. The van der Waals surface area contributed by atoms with Gasteiger partial charge in [0.1, 0.15) is 11.6 Å². The van der Waals surface area contributed by atoms with Crippen molar-refractivity contribution in [2.45, 2.75) is 18.5 Å². The van der Waals surface area contributed by atoms with Gasteiger partial charge in [-0.3, -0.25) is 9.79 Å². The van der Waals surface area contributed by atoms with Crippen molar-refractivity contribution >= 4 is 29.5 Å². The molecule has 3 rings (SSSR count). The number of amides is 1. The quantitative estimate of drug-likeness (QED) is 0.513. The Labute approximate surface area is 174 Å². The van der Waals surface area contributed by atoms with Crippen LogP contribution >= 0.6 is 11.6 Å². The van der Waals surface area contributed by atoms with E-state index in [9.17, 15) is 4.79 Å². The zero-order valence-corrected chi connectivity index (χ0v) is 16.7. The van der Waals surface area contributed by atoms with E-state index in [-0.39, 0.29) is 23.5 Å². The number of pyridine rings is 1. The first kappa shape index (κ1) is 20.6. The topological polar surface area (TPSA) is 128 Å². The van der Waals surface area contributed by atoms with Crippen LogP contribution in [0.2, 0.25) is 5.02 Å². The van der Waals surface area contributed by atoms with Gasteiger partial charge in [0, 0.05) is 29.7 Å². The molecule has 2 aromatic rings. The number of halogens is 1. The highest BCUT2D eigenvalue weighted by Gasteiger charge is 2.28. The molecule has 0 spiro atoms. The van der Waals surface area contributed by atoms with Crippen molar-refractivity contribution in [1.82, 2.24) is 15.6 Å². The van der Waals surface area contributed by atoms with Gasteiger partial charge in [-0.25, -0.2) is 4.98 Å². The number of methoxy groups -OCH3 is 1. The average Bonchev–Trinajstić information content (AvgIpc) is 2.68. The fourth-order valence-corrected chi connectivity index (χ4v) is 3.19. The summed E-state index contributed by atoms with van der Waals surface area (Å²) in [5.74, 6) is 0.379. The molecule has 0 radical (unpaired) electrons. The standard InChI is InChI=1S/C20H23ClN6O2/c1-29-15-8-12(7-13(21)9-15)18(17-4-6-24-17)26-11-14(10-22)27-20(28)16-3-2-5-25-19(16)23/h2-3,5,7-11,17-18,24H,4,6,22H2,1H3,(H2,23,25)(H,27,28)/b14-10+,26-11?. The number of carbonyl (C=O) groups excluding carboxylic acids is 1. The molecule has 2 atom stereocenters. The lowest BCUT2D eigenvalue weighted by Crippen LogP contribution is -2.46. The lowest BCUT2D eigenvalue weighted by atomic mass is 9.92. The van der Waals surface area contributed by atoms with Crippen LogP contribution in [0.4, 0.5) is 5.82 Å². The van der Waals surface area contributed by atoms with Crippen molar-refractivity contribution in [2.24, 2.45) is 10.7 Å². The van der Waals surface area contributed by atoms with E-state index >= 15 is 0 Å². The van der Waals surface area contributed by atoms with Crippen LogP contribution in [-0.2, 0) is 0 Å². The number of hydrogen-bond donors (Lipinski definition) is 4. The molecular formula is C20H23ClN6O2. The minimum Gasteiger partial charge on any atom is -0.497 e. The highest BCUT2D eigenvalue weighted by molar-refractivity contribution is 6.30. The van der Waals surface area contributed by atoms with Crippen molar-refractivity contribution in [3.8, 4) is 5.75 Å². The Balaban J connectivity index is 1.80. The number of allylic oxidation sites excluding steroid dienone is 1. The maximum absolute atomic E-state index is 12.4. The maximum Gasteiger partial charge on any atom is 0.259 e. The van der Waals surface area contributed by atoms with Crippen LogP contribution in [0.15, 0.2) is 53.4 Å². The Hall–Kier alpha value is -3.10. The summed E-state index contributed by atoms with van der Waals surface area (Å²) >= 11 is 6.22. The SMILES string of the molecule is COc1cc(Cl)cc(C(N=C/C(=C\N)NC(=O)c2cccnc2N)C2CCN2)c1. The molecule has 0 aliphatic carbocycles. The fourth-order valence-electron chi connectivity index (χ4n) is 2.96. The molecule has 8 nitrogen and oxygen atoms in total. The van der Waals surface area contributed by atoms with E-state index in [1.807, 2.05) is 12.1 Å². The monoisotopic (exact) mass is 414 g/mol. The van der Waals surface area contributed by atoms with Crippen LogP contribution < -0.4 is 26.8 Å². The molecule has 0 saturated carbocycles. The molecule has 6 N–H and O–H groups in total. The minimum atomic E-state index is -0.415. The Bertz CT molecular complexity index is 942. The van der Waals surface area contributed by atoms with E-state index in [2.05, 4.69) is 20.6 Å². The molecule has 1 amide bonds. The average molecular weight is 415 g/mol. The molecule has 1 aliphatic heterocycles. The summed E-state index contributed by atoms with van der Waals surface area (Å²) in [5.41, 5.74) is 12.9. The number of aliphatic imine (C=N–C) groups is 1. The molecule has 1 aliphatic rings. The number of rotatable bonds is 7. The summed E-state index contributed by atoms with van der Waals surface area (Å²) < 4.78 is 5.31. The smallest absolute Gasteiger partial charge is 0.259 e. The number of carbonyl (C=O) groups is 1. The number of nitrogens with zero attached hydrogens (tertiary/aromatic N) is 2. The van der Waals surface area contributed by atoms with E-state index in [4.69, 9.17) is 27.8 Å². The highest BCUT2D eigenvalue weighted by atomic mass is 35.5. The highest BCUT2D eigenvalue weighted by Crippen LogP contribution is 2.31. The van der Waals surface area contributed by atoms with Crippen molar-refractivity contribution in [2.75, 3.05) is 19.4 Å².